The summed E-state index contributed by atoms with van der Waals surface area (Å²) >= 11 is 0. The fraction of sp³-hybridized carbons (Fsp3) is 0.325. The molecule has 0 spiro atoms. The SMILES string of the molecule is C=C1CC2C=Nc3cc(OCc4cc(COc5cc(N(C(=O)OC)[C@@H](O)[C@@H]6CC(=C)CN6C)c(C=O)cc5OC)cc(C(=O)O)c4)c(OC)cc3C(=O)N2C1. The second-order valence-corrected chi connectivity index (χ2v) is 13.5. The highest BCUT2D eigenvalue weighted by atomic mass is 16.5. The Hall–Kier alpha value is -6.19. The van der Waals surface area contributed by atoms with Crippen molar-refractivity contribution in [1.82, 2.24) is 9.80 Å². The molecule has 15 heteroatoms. The summed E-state index contributed by atoms with van der Waals surface area (Å²) in [6.07, 6.45) is 0.968. The van der Waals surface area contributed by atoms with Crippen molar-refractivity contribution in [2.45, 2.75) is 44.4 Å². The molecule has 3 aromatic carbocycles. The molecule has 2 saturated heterocycles. The van der Waals surface area contributed by atoms with Gasteiger partial charge >= 0.3 is 12.1 Å². The molecule has 2 amide bonds. The van der Waals surface area contributed by atoms with Crippen LogP contribution in [0.3, 0.4) is 0 Å². The van der Waals surface area contributed by atoms with Crippen molar-refractivity contribution < 1.29 is 53.1 Å². The Balaban J connectivity index is 1.26. The van der Waals surface area contributed by atoms with Gasteiger partial charge in [-0.2, -0.15) is 0 Å². The van der Waals surface area contributed by atoms with E-state index in [4.69, 9.17) is 23.7 Å². The van der Waals surface area contributed by atoms with Crippen LogP contribution in [0.25, 0.3) is 0 Å². The molecule has 2 fully saturated rings. The van der Waals surface area contributed by atoms with Gasteiger partial charge in [0.2, 0.25) is 0 Å². The summed E-state index contributed by atoms with van der Waals surface area (Å²) in [5, 5.41) is 21.4. The molecule has 0 saturated carbocycles. The molecular weight excluding hydrogens is 712 g/mol. The number of carbonyl (C=O) groups excluding carboxylic acids is 3. The Kier molecular flexibility index (Phi) is 11.2. The molecule has 55 heavy (non-hydrogen) atoms. The molecule has 15 nitrogen and oxygen atoms in total. The van der Waals surface area contributed by atoms with Crippen LogP contribution in [-0.2, 0) is 18.0 Å². The number of amides is 2. The fourth-order valence-electron chi connectivity index (χ4n) is 7.06. The van der Waals surface area contributed by atoms with E-state index in [-0.39, 0.29) is 53.5 Å². The molecule has 3 aromatic rings. The van der Waals surface area contributed by atoms with Crippen LogP contribution >= 0.6 is 0 Å². The second kappa shape index (κ2) is 16.0. The summed E-state index contributed by atoms with van der Waals surface area (Å²) in [6.45, 7) is 8.73. The number of methoxy groups -OCH3 is 3. The van der Waals surface area contributed by atoms with Crippen molar-refractivity contribution >= 4 is 41.8 Å². The van der Waals surface area contributed by atoms with Crippen molar-refractivity contribution in [1.29, 1.82) is 0 Å². The van der Waals surface area contributed by atoms with Gasteiger partial charge < -0.3 is 38.8 Å². The Morgan fingerprint density at radius 2 is 1.56 bits per heavy atom. The van der Waals surface area contributed by atoms with E-state index in [0.717, 1.165) is 23.2 Å². The number of fused-ring (bicyclic) bond motifs is 2. The van der Waals surface area contributed by atoms with E-state index in [1.165, 1.54) is 38.5 Å². The van der Waals surface area contributed by atoms with Crippen LogP contribution < -0.4 is 23.8 Å². The zero-order chi connectivity index (χ0) is 39.6. The number of aliphatic hydroxyl groups excluding tert-OH is 1. The van der Waals surface area contributed by atoms with Crippen LogP contribution in [0.15, 0.2) is 71.8 Å². The van der Waals surface area contributed by atoms with Gasteiger partial charge in [-0.05, 0) is 61.3 Å². The number of aliphatic hydroxyl groups is 1. The molecule has 3 aliphatic rings. The van der Waals surface area contributed by atoms with E-state index in [2.05, 4.69) is 18.2 Å². The number of anilines is 1. The summed E-state index contributed by atoms with van der Waals surface area (Å²) in [5.41, 5.74) is 3.54. The lowest BCUT2D eigenvalue weighted by molar-refractivity contribution is 0.0694. The average Bonchev–Trinajstić information content (AvgIpc) is 3.70. The van der Waals surface area contributed by atoms with E-state index in [1.807, 2.05) is 4.90 Å². The van der Waals surface area contributed by atoms with Crippen LogP contribution in [0.4, 0.5) is 16.2 Å². The average molecular weight is 755 g/mol. The van der Waals surface area contributed by atoms with Gasteiger partial charge in [-0.1, -0.05) is 24.3 Å². The summed E-state index contributed by atoms with van der Waals surface area (Å²) in [6, 6.07) is 9.85. The van der Waals surface area contributed by atoms with Crippen LogP contribution in [-0.4, -0.2) is 110 Å². The number of nitrogens with zero attached hydrogens (tertiary/aromatic N) is 4. The quantitative estimate of drug-likeness (QED) is 0.136. The third kappa shape index (κ3) is 7.88. The lowest BCUT2D eigenvalue weighted by atomic mass is 10.1. The first-order chi connectivity index (χ1) is 26.3. The van der Waals surface area contributed by atoms with Crippen LogP contribution in [0, 0.1) is 0 Å². The maximum Gasteiger partial charge on any atom is 0.416 e. The van der Waals surface area contributed by atoms with E-state index < -0.39 is 24.3 Å². The first-order valence-corrected chi connectivity index (χ1v) is 17.3. The predicted octanol–water partition coefficient (Wildman–Crippen LogP) is 5.01. The summed E-state index contributed by atoms with van der Waals surface area (Å²) in [7, 11) is 5.78. The number of likely N-dealkylation sites (tertiary alicyclic amines) is 1. The van der Waals surface area contributed by atoms with Gasteiger partial charge in [-0.25, -0.2) is 14.5 Å². The van der Waals surface area contributed by atoms with Crippen LogP contribution in [0.1, 0.15) is 55.0 Å². The van der Waals surface area contributed by atoms with Gasteiger partial charge in [-0.15, -0.1) is 0 Å². The number of aromatic carboxylic acids is 1. The van der Waals surface area contributed by atoms with Crippen molar-refractivity contribution in [2.24, 2.45) is 4.99 Å². The molecule has 1 unspecified atom stereocenters. The number of benzene rings is 3. The molecule has 0 aliphatic carbocycles. The highest BCUT2D eigenvalue weighted by Gasteiger charge is 2.39. The normalized spacial score (nSPS) is 18.3. The molecule has 3 atom stereocenters. The molecule has 3 heterocycles. The molecule has 0 bridgehead atoms. The third-order valence-electron chi connectivity index (χ3n) is 9.76. The molecule has 0 aromatic heterocycles. The number of aliphatic imine (C=N–C) groups is 1. The molecule has 288 valence electrons. The van der Waals surface area contributed by atoms with Gasteiger partial charge in [0.05, 0.1) is 55.9 Å². The fourth-order valence-corrected chi connectivity index (χ4v) is 7.06. The molecule has 3 aliphatic heterocycles. The lowest BCUT2D eigenvalue weighted by Gasteiger charge is -2.34. The Bertz CT molecular complexity index is 2100. The first kappa shape index (κ1) is 38.5. The minimum absolute atomic E-state index is 0.0102. The summed E-state index contributed by atoms with van der Waals surface area (Å²) in [4.78, 5) is 60.1. The van der Waals surface area contributed by atoms with E-state index in [9.17, 15) is 29.4 Å². The van der Waals surface area contributed by atoms with E-state index in [1.54, 1.807) is 36.4 Å². The number of hydrogen-bond acceptors (Lipinski definition) is 12. The highest BCUT2D eigenvalue weighted by molar-refractivity contribution is 6.04. The number of carboxylic acid groups (broad SMARTS) is 1. The number of carboxylic acids is 1. The second-order valence-electron chi connectivity index (χ2n) is 13.5. The molecular formula is C40H42N4O11. The topological polar surface area (TPSA) is 177 Å². The monoisotopic (exact) mass is 754 g/mol. The summed E-state index contributed by atoms with van der Waals surface area (Å²) < 4.78 is 28.3. The van der Waals surface area contributed by atoms with Crippen molar-refractivity contribution in [3.63, 3.8) is 0 Å². The minimum atomic E-state index is -1.42. The van der Waals surface area contributed by atoms with Gasteiger partial charge in [0, 0.05) is 37.0 Å². The number of rotatable bonds is 13. The Morgan fingerprint density at radius 3 is 2.15 bits per heavy atom. The minimum Gasteiger partial charge on any atom is -0.493 e. The maximum atomic E-state index is 13.4. The van der Waals surface area contributed by atoms with Crippen molar-refractivity contribution in [2.75, 3.05) is 46.4 Å². The number of likely N-dealkylation sites (N-methyl/N-ethyl adjacent to an activating group) is 1. The lowest BCUT2D eigenvalue weighted by Crippen LogP contribution is -2.51. The zero-order valence-electron chi connectivity index (χ0n) is 30.9. The van der Waals surface area contributed by atoms with Gasteiger partial charge in [0.25, 0.3) is 5.91 Å². The highest BCUT2D eigenvalue weighted by Crippen LogP contribution is 2.40. The van der Waals surface area contributed by atoms with E-state index >= 15 is 0 Å². The maximum absolute atomic E-state index is 13.4. The van der Waals surface area contributed by atoms with Crippen LogP contribution in [0.2, 0.25) is 0 Å². The first-order valence-electron chi connectivity index (χ1n) is 17.3. The number of hydrogen-bond donors (Lipinski definition) is 2. The number of carbonyl (C=O) groups is 4. The Morgan fingerprint density at radius 1 is 0.927 bits per heavy atom. The standard InChI is InChI=1S/C40H42N4O11/c1-22-7-28-16-41-30-14-35(34(52-5)13-29(30)37(46)43(28)18-22)54-20-24-9-25(11-26(10-24)39(48)49)21-55-36-15-31(27(19-45)12-33(36)51-4)44(40(50)53-6)38(47)32-8-23(2)17-42(32)3/h9-16,19,28,32,38,47H,1-2,7-8,17-18,20-21H2,3-6H3,(H,48,49)/t28?,32-,38-/m0/s1. The van der Waals surface area contributed by atoms with Gasteiger partial charge in [-0.3, -0.25) is 19.5 Å². The summed E-state index contributed by atoms with van der Waals surface area (Å²) in [5.74, 6) is -0.522. The predicted molar refractivity (Wildman–Crippen MR) is 201 cm³/mol. The van der Waals surface area contributed by atoms with Crippen molar-refractivity contribution in [3.8, 4) is 23.0 Å². The number of ether oxygens (including phenoxy) is 5. The largest absolute Gasteiger partial charge is 0.493 e. The number of aldehydes is 1. The third-order valence-corrected chi connectivity index (χ3v) is 9.76. The van der Waals surface area contributed by atoms with Gasteiger partial charge in [0.15, 0.2) is 35.5 Å². The van der Waals surface area contributed by atoms with Crippen LogP contribution in [0.5, 0.6) is 23.0 Å². The Labute approximate surface area is 317 Å². The molecule has 2 N–H and O–H groups in total. The van der Waals surface area contributed by atoms with E-state index in [0.29, 0.717) is 66.1 Å². The molecule has 0 radical (unpaired) electrons. The van der Waals surface area contributed by atoms with Gasteiger partial charge in [0.1, 0.15) is 13.2 Å². The zero-order valence-corrected chi connectivity index (χ0v) is 30.9. The van der Waals surface area contributed by atoms with Crippen molar-refractivity contribution in [3.05, 3.63) is 94.6 Å². The molecule has 6 rings (SSSR count). The smallest absolute Gasteiger partial charge is 0.416 e.